The molecule has 1 fully saturated rings. The number of ether oxygens (including phenoxy) is 4. The van der Waals surface area contributed by atoms with E-state index in [1.54, 1.807) is 28.4 Å². The Morgan fingerprint density at radius 2 is 0.861 bits per heavy atom. The van der Waals surface area contributed by atoms with Crippen LogP contribution in [0.5, 0.6) is 23.8 Å². The van der Waals surface area contributed by atoms with Crippen molar-refractivity contribution in [3.05, 3.63) is 95.3 Å². The second-order valence-electron chi connectivity index (χ2n) is 8.57. The Bertz CT molecular complexity index is 1160. The summed E-state index contributed by atoms with van der Waals surface area (Å²) in [5.41, 5.74) is 4.08. The molecule has 8 nitrogen and oxygen atoms in total. The summed E-state index contributed by atoms with van der Waals surface area (Å²) in [6, 6.07) is 25.2. The van der Waals surface area contributed by atoms with Crippen LogP contribution < -0.4 is 18.9 Å². The molecule has 1 saturated carbocycles. The van der Waals surface area contributed by atoms with E-state index in [0.717, 1.165) is 11.4 Å². The van der Waals surface area contributed by atoms with Gasteiger partial charge in [0.25, 0.3) is 0 Å². The molecule has 0 radical (unpaired) electrons. The minimum atomic E-state index is 0.0116. The van der Waals surface area contributed by atoms with Crippen LogP contribution in [-0.2, 0) is 0 Å². The fraction of sp³-hybridized carbons (Fsp3) is 0.286. The van der Waals surface area contributed by atoms with Crippen LogP contribution in [0.3, 0.4) is 0 Å². The van der Waals surface area contributed by atoms with E-state index in [0.29, 0.717) is 11.8 Å². The quantitative estimate of drug-likeness (QED) is 0.354. The zero-order valence-electron chi connectivity index (χ0n) is 20.7. The molecule has 0 N–H and O–H groups in total. The maximum Gasteiger partial charge on any atom is 0.319 e. The zero-order chi connectivity index (χ0) is 25.1. The summed E-state index contributed by atoms with van der Waals surface area (Å²) in [6.07, 6.45) is 0. The first-order valence-electron chi connectivity index (χ1n) is 11.7. The predicted octanol–water partition coefficient (Wildman–Crippen LogP) is 4.75. The van der Waals surface area contributed by atoms with Gasteiger partial charge in [0.05, 0.1) is 39.8 Å². The largest absolute Gasteiger partial charge is 0.481 e. The molecule has 36 heavy (non-hydrogen) atoms. The highest BCUT2D eigenvalue weighted by Gasteiger charge is 2.54. The fourth-order valence-corrected chi connectivity index (χ4v) is 5.24. The summed E-state index contributed by atoms with van der Waals surface area (Å²) in [7, 11) is 6.31. The van der Waals surface area contributed by atoms with E-state index in [1.165, 1.54) is 11.1 Å². The van der Waals surface area contributed by atoms with Crippen LogP contribution in [0.15, 0.2) is 72.8 Å². The molecule has 0 unspecified atom stereocenters. The summed E-state index contributed by atoms with van der Waals surface area (Å²) < 4.78 is 21.8. The second kappa shape index (κ2) is 10.2. The van der Waals surface area contributed by atoms with Gasteiger partial charge < -0.3 is 18.9 Å². The van der Waals surface area contributed by atoms with E-state index in [1.807, 2.05) is 24.3 Å². The third-order valence-corrected chi connectivity index (χ3v) is 6.79. The molecule has 2 aromatic heterocycles. The molecule has 1 aliphatic rings. The summed E-state index contributed by atoms with van der Waals surface area (Å²) in [5.74, 6) is 1.07. The number of nitrogens with zero attached hydrogens (tertiary/aromatic N) is 4. The number of rotatable bonds is 8. The number of methoxy groups -OCH3 is 4. The normalized spacial score (nSPS) is 20.8. The van der Waals surface area contributed by atoms with Gasteiger partial charge in [-0.25, -0.2) is 0 Å². The van der Waals surface area contributed by atoms with Gasteiger partial charge in [0.1, 0.15) is 0 Å². The van der Waals surface area contributed by atoms with Gasteiger partial charge >= 0.3 is 12.0 Å². The van der Waals surface area contributed by atoms with Crippen LogP contribution in [0, 0.1) is 0 Å². The third-order valence-electron chi connectivity index (χ3n) is 6.79. The van der Waals surface area contributed by atoms with Crippen molar-refractivity contribution in [3.63, 3.8) is 0 Å². The molecule has 8 heteroatoms. The molecule has 0 spiro atoms. The topological polar surface area (TPSA) is 88.5 Å². The molecule has 184 valence electrons. The standard InChI is InChI=1S/C28H28N4O4/c1-33-21-15-19(29-27(31-21)35-3)25-23(17-11-7-5-8-12-17)26(24(25)18-13-9-6-10-14-18)20-16-22(34-2)32-28(30-20)36-4/h5-16,23-26H,1-4H3/t23-,24-,25-,26+. The third kappa shape index (κ3) is 4.30. The Morgan fingerprint density at radius 1 is 0.472 bits per heavy atom. The average molecular weight is 485 g/mol. The van der Waals surface area contributed by atoms with E-state index >= 15 is 0 Å². The minimum absolute atomic E-state index is 0.0116. The highest BCUT2D eigenvalue weighted by atomic mass is 16.5. The molecule has 0 bridgehead atoms. The molecule has 4 aromatic rings. The van der Waals surface area contributed by atoms with Crippen LogP contribution >= 0.6 is 0 Å². The molecule has 0 aliphatic heterocycles. The number of hydrogen-bond acceptors (Lipinski definition) is 8. The molecule has 0 amide bonds. The zero-order valence-corrected chi connectivity index (χ0v) is 20.7. The Balaban J connectivity index is 1.72. The first kappa shape index (κ1) is 23.5. The van der Waals surface area contributed by atoms with E-state index in [4.69, 9.17) is 28.9 Å². The summed E-state index contributed by atoms with van der Waals surface area (Å²) in [6.45, 7) is 0. The van der Waals surface area contributed by atoms with Crippen LogP contribution in [-0.4, -0.2) is 48.4 Å². The van der Waals surface area contributed by atoms with Gasteiger partial charge in [-0.05, 0) is 11.1 Å². The highest BCUT2D eigenvalue weighted by Crippen LogP contribution is 2.66. The first-order chi connectivity index (χ1) is 17.7. The summed E-state index contributed by atoms with van der Waals surface area (Å²) >= 11 is 0. The molecular formula is C28H28N4O4. The summed E-state index contributed by atoms with van der Waals surface area (Å²) in [5, 5.41) is 0. The molecule has 0 atom stereocenters. The smallest absolute Gasteiger partial charge is 0.319 e. The van der Waals surface area contributed by atoms with Crippen molar-refractivity contribution in [2.45, 2.75) is 23.7 Å². The maximum absolute atomic E-state index is 5.49. The van der Waals surface area contributed by atoms with Crippen molar-refractivity contribution in [1.29, 1.82) is 0 Å². The Morgan fingerprint density at radius 3 is 1.19 bits per heavy atom. The van der Waals surface area contributed by atoms with Crippen molar-refractivity contribution in [3.8, 4) is 23.8 Å². The highest BCUT2D eigenvalue weighted by molar-refractivity contribution is 5.46. The molecule has 5 rings (SSSR count). The van der Waals surface area contributed by atoms with Crippen molar-refractivity contribution in [2.75, 3.05) is 28.4 Å². The lowest BCUT2D eigenvalue weighted by atomic mass is 9.50. The van der Waals surface area contributed by atoms with Crippen molar-refractivity contribution in [1.82, 2.24) is 19.9 Å². The lowest BCUT2D eigenvalue weighted by molar-refractivity contribution is 0.214. The fourth-order valence-electron chi connectivity index (χ4n) is 5.24. The van der Waals surface area contributed by atoms with Gasteiger partial charge in [0, 0.05) is 35.8 Å². The Kier molecular flexibility index (Phi) is 6.66. The molecule has 0 saturated heterocycles. The van der Waals surface area contributed by atoms with Crippen LogP contribution in [0.2, 0.25) is 0 Å². The van der Waals surface area contributed by atoms with Gasteiger partial charge in [0.2, 0.25) is 11.8 Å². The van der Waals surface area contributed by atoms with Crippen LogP contribution in [0.1, 0.15) is 46.2 Å². The van der Waals surface area contributed by atoms with E-state index in [2.05, 4.69) is 58.5 Å². The van der Waals surface area contributed by atoms with Crippen molar-refractivity contribution < 1.29 is 18.9 Å². The molecule has 2 aromatic carbocycles. The minimum Gasteiger partial charge on any atom is -0.481 e. The van der Waals surface area contributed by atoms with Gasteiger partial charge in [-0.3, -0.25) is 0 Å². The molecule has 2 heterocycles. The van der Waals surface area contributed by atoms with E-state index < -0.39 is 0 Å². The van der Waals surface area contributed by atoms with Gasteiger partial charge in [0.15, 0.2) is 0 Å². The monoisotopic (exact) mass is 484 g/mol. The molecular weight excluding hydrogens is 456 g/mol. The lowest BCUT2D eigenvalue weighted by Crippen LogP contribution is -2.41. The Hall–Kier alpha value is -4.20. The van der Waals surface area contributed by atoms with Gasteiger partial charge in [-0.2, -0.15) is 19.9 Å². The van der Waals surface area contributed by atoms with Crippen molar-refractivity contribution in [2.24, 2.45) is 0 Å². The van der Waals surface area contributed by atoms with Crippen LogP contribution in [0.4, 0.5) is 0 Å². The SMILES string of the molecule is COc1cc([C@H]2[C@H](c3ccccc3)[C@@H](c3cc(OC)nc(OC)n3)[C@H]2c2ccccc2)nc(OC)n1. The van der Waals surface area contributed by atoms with Crippen molar-refractivity contribution >= 4 is 0 Å². The predicted molar refractivity (Wildman–Crippen MR) is 134 cm³/mol. The number of aromatic nitrogens is 4. The maximum atomic E-state index is 5.49. The Labute approximate surface area is 210 Å². The van der Waals surface area contributed by atoms with Gasteiger partial charge in [-0.1, -0.05) is 60.7 Å². The second-order valence-corrected chi connectivity index (χ2v) is 8.57. The van der Waals surface area contributed by atoms with Gasteiger partial charge in [-0.15, -0.1) is 0 Å². The average Bonchev–Trinajstić information content (AvgIpc) is 2.93. The van der Waals surface area contributed by atoms with E-state index in [-0.39, 0.29) is 35.7 Å². The number of hydrogen-bond donors (Lipinski definition) is 0. The van der Waals surface area contributed by atoms with E-state index in [9.17, 15) is 0 Å². The summed E-state index contributed by atoms with van der Waals surface area (Å²) in [4.78, 5) is 18.2. The van der Waals surface area contributed by atoms with Crippen LogP contribution in [0.25, 0.3) is 0 Å². The number of benzene rings is 2. The first-order valence-corrected chi connectivity index (χ1v) is 11.7. The molecule has 1 aliphatic carbocycles. The lowest BCUT2D eigenvalue weighted by Gasteiger charge is -2.52.